The first-order valence-electron chi connectivity index (χ1n) is 4.85. The van der Waals surface area contributed by atoms with Crippen LogP contribution in [0.2, 0.25) is 0 Å². The summed E-state index contributed by atoms with van der Waals surface area (Å²) >= 11 is 1.35. The van der Waals surface area contributed by atoms with Crippen molar-refractivity contribution < 1.29 is 0 Å². The number of benzene rings is 1. The van der Waals surface area contributed by atoms with E-state index >= 15 is 0 Å². The third-order valence-electron chi connectivity index (χ3n) is 2.07. The highest BCUT2D eigenvalue weighted by atomic mass is 32.1. The van der Waals surface area contributed by atoms with Crippen molar-refractivity contribution in [2.45, 2.75) is 13.5 Å². The van der Waals surface area contributed by atoms with E-state index in [1.165, 1.54) is 11.3 Å². The minimum Gasteiger partial charge on any atom is -0.237 e. The Morgan fingerprint density at radius 2 is 2.12 bits per heavy atom. The van der Waals surface area contributed by atoms with Gasteiger partial charge in [-0.3, -0.25) is 0 Å². The van der Waals surface area contributed by atoms with Crippen LogP contribution < -0.4 is 4.80 Å². The van der Waals surface area contributed by atoms with E-state index in [1.807, 2.05) is 37.3 Å². The predicted octanol–water partition coefficient (Wildman–Crippen LogP) is 2.21. The first kappa shape index (κ1) is 10.7. The van der Waals surface area contributed by atoms with E-state index in [-0.39, 0.29) is 0 Å². The minimum absolute atomic E-state index is 0.524. The molecule has 1 aromatic carbocycles. The maximum absolute atomic E-state index is 10.1. The SMILES string of the molecule is CCn1nc(-c2ccccc2)s/c1=N\N=O. The summed E-state index contributed by atoms with van der Waals surface area (Å²) in [5.74, 6) is 0. The molecule has 16 heavy (non-hydrogen) atoms. The number of aryl methyl sites for hydroxylation is 1. The van der Waals surface area contributed by atoms with Gasteiger partial charge in [0.05, 0.1) is 5.29 Å². The number of nitroso groups, excluding NO2 is 1. The van der Waals surface area contributed by atoms with E-state index in [4.69, 9.17) is 0 Å². The summed E-state index contributed by atoms with van der Waals surface area (Å²) < 4.78 is 1.66. The van der Waals surface area contributed by atoms with Crippen LogP contribution in [-0.2, 0) is 6.54 Å². The summed E-state index contributed by atoms with van der Waals surface area (Å²) in [5.41, 5.74) is 1.02. The molecule has 0 aliphatic carbocycles. The zero-order chi connectivity index (χ0) is 11.4. The Morgan fingerprint density at radius 1 is 1.38 bits per heavy atom. The van der Waals surface area contributed by atoms with Gasteiger partial charge in [-0.05, 0) is 6.92 Å². The molecule has 2 aromatic rings. The first-order chi connectivity index (χ1) is 7.85. The van der Waals surface area contributed by atoms with E-state index in [0.717, 1.165) is 10.6 Å². The molecule has 0 amide bonds. The molecule has 1 aromatic heterocycles. The Balaban J connectivity index is 2.52. The normalized spacial score (nSPS) is 11.7. The van der Waals surface area contributed by atoms with Gasteiger partial charge in [0.1, 0.15) is 5.01 Å². The van der Waals surface area contributed by atoms with Crippen molar-refractivity contribution in [3.05, 3.63) is 40.0 Å². The molecule has 0 spiro atoms. The van der Waals surface area contributed by atoms with Crippen molar-refractivity contribution in [2.75, 3.05) is 0 Å². The highest BCUT2D eigenvalue weighted by molar-refractivity contribution is 7.12. The predicted molar refractivity (Wildman–Crippen MR) is 62.6 cm³/mol. The highest BCUT2D eigenvalue weighted by Crippen LogP contribution is 2.18. The molecule has 0 bridgehead atoms. The lowest BCUT2D eigenvalue weighted by atomic mass is 10.2. The maximum atomic E-state index is 10.1. The summed E-state index contributed by atoms with van der Waals surface area (Å²) in [6.07, 6.45) is 0. The largest absolute Gasteiger partial charge is 0.237 e. The molecule has 0 aliphatic heterocycles. The van der Waals surface area contributed by atoms with Crippen molar-refractivity contribution in [1.82, 2.24) is 9.78 Å². The summed E-state index contributed by atoms with van der Waals surface area (Å²) in [5, 5.41) is 11.3. The fourth-order valence-corrected chi connectivity index (χ4v) is 2.24. The lowest BCUT2D eigenvalue weighted by molar-refractivity contribution is 0.628. The van der Waals surface area contributed by atoms with Gasteiger partial charge in [-0.15, -0.1) is 4.91 Å². The third kappa shape index (κ3) is 2.06. The van der Waals surface area contributed by atoms with E-state index in [1.54, 1.807) is 4.68 Å². The molecule has 0 saturated carbocycles. The van der Waals surface area contributed by atoms with Gasteiger partial charge in [0.2, 0.25) is 4.80 Å². The van der Waals surface area contributed by atoms with Gasteiger partial charge in [0.15, 0.2) is 0 Å². The van der Waals surface area contributed by atoms with Crippen LogP contribution in [0.15, 0.2) is 40.7 Å². The Morgan fingerprint density at radius 3 is 2.75 bits per heavy atom. The fraction of sp³-hybridized carbons (Fsp3) is 0.200. The molecule has 1 heterocycles. The average Bonchev–Trinajstić information content (AvgIpc) is 2.74. The van der Waals surface area contributed by atoms with Crippen LogP contribution in [-0.4, -0.2) is 9.78 Å². The van der Waals surface area contributed by atoms with Crippen LogP contribution in [0.1, 0.15) is 6.92 Å². The number of aromatic nitrogens is 2. The standard InChI is InChI=1S/C10H10N4OS/c1-2-14-10(11-13-15)16-9(12-14)8-6-4-3-5-7-8/h3-7H,2H2,1H3/b11-10-. The van der Waals surface area contributed by atoms with Gasteiger partial charge in [-0.1, -0.05) is 46.8 Å². The van der Waals surface area contributed by atoms with E-state index < -0.39 is 0 Å². The molecule has 0 fully saturated rings. The van der Waals surface area contributed by atoms with Crippen molar-refractivity contribution in [2.24, 2.45) is 10.4 Å². The minimum atomic E-state index is 0.524. The van der Waals surface area contributed by atoms with Crippen LogP contribution in [0.5, 0.6) is 0 Å². The van der Waals surface area contributed by atoms with Crippen molar-refractivity contribution >= 4 is 11.3 Å². The van der Waals surface area contributed by atoms with Crippen LogP contribution in [0.3, 0.4) is 0 Å². The smallest absolute Gasteiger partial charge is 0.232 e. The monoisotopic (exact) mass is 234 g/mol. The number of rotatable bonds is 3. The zero-order valence-electron chi connectivity index (χ0n) is 8.70. The number of nitrogens with zero attached hydrogens (tertiary/aromatic N) is 4. The Bertz CT molecular complexity index is 543. The van der Waals surface area contributed by atoms with Gasteiger partial charge in [0, 0.05) is 12.1 Å². The fourth-order valence-electron chi connectivity index (χ4n) is 1.32. The highest BCUT2D eigenvalue weighted by Gasteiger charge is 2.05. The summed E-state index contributed by atoms with van der Waals surface area (Å²) in [6, 6.07) is 9.78. The Hall–Kier alpha value is -1.82. The Labute approximate surface area is 96.0 Å². The molecule has 0 N–H and O–H groups in total. The molecule has 0 unspecified atom stereocenters. The summed E-state index contributed by atoms with van der Waals surface area (Å²) in [4.78, 5) is 10.7. The second-order valence-corrected chi connectivity index (χ2v) is 4.01. The molecule has 0 saturated heterocycles. The van der Waals surface area contributed by atoms with Crippen LogP contribution in [0.4, 0.5) is 0 Å². The Kier molecular flexibility index (Phi) is 3.21. The van der Waals surface area contributed by atoms with Crippen molar-refractivity contribution in [1.29, 1.82) is 0 Å². The van der Waals surface area contributed by atoms with Gasteiger partial charge in [0.25, 0.3) is 0 Å². The average molecular weight is 234 g/mol. The summed E-state index contributed by atoms with van der Waals surface area (Å²) in [7, 11) is 0. The first-order valence-corrected chi connectivity index (χ1v) is 5.66. The van der Waals surface area contributed by atoms with Crippen LogP contribution >= 0.6 is 11.3 Å². The van der Waals surface area contributed by atoms with Gasteiger partial charge >= 0.3 is 0 Å². The zero-order valence-corrected chi connectivity index (χ0v) is 9.52. The quantitative estimate of drug-likeness (QED) is 0.604. The molecular formula is C10H10N4OS. The van der Waals surface area contributed by atoms with Crippen LogP contribution in [0, 0.1) is 4.91 Å². The molecular weight excluding hydrogens is 224 g/mol. The third-order valence-corrected chi connectivity index (χ3v) is 3.05. The van der Waals surface area contributed by atoms with Crippen molar-refractivity contribution in [3.63, 3.8) is 0 Å². The molecule has 0 atom stereocenters. The van der Waals surface area contributed by atoms with Crippen LogP contribution in [0.25, 0.3) is 10.6 Å². The molecule has 82 valence electrons. The molecule has 0 aliphatic rings. The molecule has 2 rings (SSSR count). The summed E-state index contributed by atoms with van der Waals surface area (Å²) in [6.45, 7) is 2.61. The van der Waals surface area contributed by atoms with E-state index in [2.05, 4.69) is 15.5 Å². The molecule has 0 radical (unpaired) electrons. The van der Waals surface area contributed by atoms with E-state index in [9.17, 15) is 4.91 Å². The topological polar surface area (TPSA) is 59.6 Å². The van der Waals surface area contributed by atoms with Gasteiger partial charge < -0.3 is 0 Å². The number of hydrogen-bond donors (Lipinski definition) is 0. The number of hydrogen-bond acceptors (Lipinski definition) is 4. The van der Waals surface area contributed by atoms with E-state index in [0.29, 0.717) is 11.3 Å². The maximum Gasteiger partial charge on any atom is 0.232 e. The van der Waals surface area contributed by atoms with Crippen molar-refractivity contribution in [3.8, 4) is 10.6 Å². The lowest BCUT2D eigenvalue weighted by Crippen LogP contribution is -2.14. The van der Waals surface area contributed by atoms with Gasteiger partial charge in [-0.2, -0.15) is 5.10 Å². The molecule has 6 heteroatoms. The molecule has 5 nitrogen and oxygen atoms in total. The van der Waals surface area contributed by atoms with Gasteiger partial charge in [-0.25, -0.2) is 4.68 Å². The second kappa shape index (κ2) is 4.80. The lowest BCUT2D eigenvalue weighted by Gasteiger charge is -1.93. The second-order valence-electron chi connectivity index (χ2n) is 3.05.